The topological polar surface area (TPSA) is 113 Å². The summed E-state index contributed by atoms with van der Waals surface area (Å²) in [6, 6.07) is -0.491. The highest BCUT2D eigenvalue weighted by atomic mass is 79.9. The molecule has 0 bridgehead atoms. The normalized spacial score (nSPS) is 30.4. The van der Waals surface area contributed by atoms with Crippen molar-refractivity contribution in [3.8, 4) is 0 Å². The van der Waals surface area contributed by atoms with Gasteiger partial charge in [0.1, 0.15) is 11.7 Å². The van der Waals surface area contributed by atoms with E-state index in [1.165, 1.54) is 13.0 Å². The number of carbonyl (C=O) groups is 3. The largest absolute Gasteiger partial charge is 0.441 e. The third-order valence-electron chi connectivity index (χ3n) is 5.42. The van der Waals surface area contributed by atoms with Gasteiger partial charge in [0.15, 0.2) is 11.6 Å². The molecule has 0 saturated carbocycles. The summed E-state index contributed by atoms with van der Waals surface area (Å²) < 4.78 is 11.2. The molecule has 0 aliphatic carbocycles. The molecular formula is C20H30BrNO7. The van der Waals surface area contributed by atoms with Crippen LogP contribution in [0.3, 0.4) is 0 Å². The van der Waals surface area contributed by atoms with Crippen LogP contribution in [-0.2, 0) is 19.1 Å². The highest BCUT2D eigenvalue weighted by molar-refractivity contribution is 9.11. The molecular weight excluding hydrogens is 446 g/mol. The van der Waals surface area contributed by atoms with Gasteiger partial charge < -0.3 is 19.7 Å². The number of ketones is 1. The fourth-order valence-corrected chi connectivity index (χ4v) is 4.60. The van der Waals surface area contributed by atoms with Crippen molar-refractivity contribution in [1.82, 2.24) is 4.90 Å². The van der Waals surface area contributed by atoms with E-state index in [1.807, 2.05) is 13.8 Å². The first-order valence-corrected chi connectivity index (χ1v) is 10.6. The lowest BCUT2D eigenvalue weighted by molar-refractivity contribution is -0.217. The van der Waals surface area contributed by atoms with Gasteiger partial charge in [0, 0.05) is 13.0 Å². The average molecular weight is 476 g/mol. The van der Waals surface area contributed by atoms with Crippen LogP contribution < -0.4 is 0 Å². The predicted molar refractivity (Wildman–Crippen MR) is 108 cm³/mol. The predicted octanol–water partition coefficient (Wildman–Crippen LogP) is 2.50. The number of ether oxygens (including phenoxy) is 2. The van der Waals surface area contributed by atoms with Gasteiger partial charge in [0.2, 0.25) is 5.91 Å². The van der Waals surface area contributed by atoms with Crippen LogP contribution >= 0.6 is 15.9 Å². The Morgan fingerprint density at radius 1 is 1.28 bits per heavy atom. The smallest absolute Gasteiger partial charge is 0.417 e. The maximum atomic E-state index is 13.2. The lowest BCUT2D eigenvalue weighted by Crippen LogP contribution is -2.54. The minimum atomic E-state index is -1.77. The number of aliphatic hydroxyl groups is 2. The van der Waals surface area contributed by atoms with E-state index in [0.29, 0.717) is 12.8 Å². The number of aliphatic hydroxyl groups excluding tert-OH is 1. The van der Waals surface area contributed by atoms with Gasteiger partial charge in [-0.05, 0) is 54.6 Å². The van der Waals surface area contributed by atoms with Crippen LogP contribution in [0.4, 0.5) is 4.79 Å². The Morgan fingerprint density at radius 3 is 2.45 bits per heavy atom. The van der Waals surface area contributed by atoms with Crippen molar-refractivity contribution in [3.05, 3.63) is 10.6 Å². The lowest BCUT2D eigenvalue weighted by atomic mass is 9.87. The first-order valence-electron chi connectivity index (χ1n) is 9.84. The molecule has 2 heterocycles. The second-order valence-corrected chi connectivity index (χ2v) is 9.41. The molecule has 2 N–H and O–H groups in total. The molecule has 0 radical (unpaired) electrons. The van der Waals surface area contributed by atoms with E-state index in [9.17, 15) is 19.5 Å². The summed E-state index contributed by atoms with van der Waals surface area (Å²) >= 11 is 3.17. The highest BCUT2D eigenvalue weighted by Crippen LogP contribution is 2.39. The third-order valence-corrected chi connectivity index (χ3v) is 6.27. The molecule has 1 fully saturated rings. The van der Waals surface area contributed by atoms with Crippen molar-refractivity contribution >= 4 is 33.7 Å². The third kappa shape index (κ3) is 4.73. The SMILES string of the molecule is CC(C)C1N(C(=O)C(C)C2OC(O)(CCCCO)C(Br)=CC2=O)C(=O)OC1(C)C. The number of rotatable bonds is 7. The number of hydrogen-bond acceptors (Lipinski definition) is 7. The molecule has 2 aliphatic heterocycles. The van der Waals surface area contributed by atoms with Crippen LogP contribution in [0.2, 0.25) is 0 Å². The summed E-state index contributed by atoms with van der Waals surface area (Å²) in [4.78, 5) is 39.2. The number of halogens is 1. The van der Waals surface area contributed by atoms with E-state index in [1.54, 1.807) is 13.8 Å². The molecule has 0 spiro atoms. The fraction of sp³-hybridized carbons (Fsp3) is 0.750. The molecule has 2 rings (SSSR count). The van der Waals surface area contributed by atoms with Crippen LogP contribution in [-0.4, -0.2) is 63.0 Å². The minimum Gasteiger partial charge on any atom is -0.441 e. The van der Waals surface area contributed by atoms with Crippen LogP contribution in [0, 0.1) is 11.8 Å². The second-order valence-electron chi connectivity index (χ2n) is 8.56. The second kappa shape index (κ2) is 8.83. The number of amides is 2. The number of nitrogens with zero attached hydrogens (tertiary/aromatic N) is 1. The van der Waals surface area contributed by atoms with Gasteiger partial charge >= 0.3 is 6.09 Å². The Balaban J connectivity index is 2.26. The van der Waals surface area contributed by atoms with Crippen LogP contribution in [0.25, 0.3) is 0 Å². The Morgan fingerprint density at radius 2 is 1.90 bits per heavy atom. The molecule has 9 heteroatoms. The molecule has 8 nitrogen and oxygen atoms in total. The molecule has 2 amide bonds. The molecule has 1 saturated heterocycles. The minimum absolute atomic E-state index is 0.0297. The Bertz CT molecular complexity index is 705. The van der Waals surface area contributed by atoms with Crippen molar-refractivity contribution in [2.45, 2.75) is 77.4 Å². The molecule has 164 valence electrons. The van der Waals surface area contributed by atoms with E-state index < -0.39 is 47.2 Å². The highest BCUT2D eigenvalue weighted by Gasteiger charge is 2.54. The quantitative estimate of drug-likeness (QED) is 0.543. The zero-order valence-electron chi connectivity index (χ0n) is 17.5. The molecule has 4 unspecified atom stereocenters. The van der Waals surface area contributed by atoms with Gasteiger partial charge in [-0.25, -0.2) is 9.69 Å². The maximum Gasteiger partial charge on any atom is 0.417 e. The van der Waals surface area contributed by atoms with Crippen LogP contribution in [0.5, 0.6) is 0 Å². The van der Waals surface area contributed by atoms with Crippen molar-refractivity contribution in [2.75, 3.05) is 6.61 Å². The van der Waals surface area contributed by atoms with Crippen molar-refractivity contribution in [2.24, 2.45) is 11.8 Å². The fourth-order valence-electron chi connectivity index (χ4n) is 4.08. The van der Waals surface area contributed by atoms with Gasteiger partial charge in [-0.1, -0.05) is 20.8 Å². The van der Waals surface area contributed by atoms with E-state index in [2.05, 4.69) is 15.9 Å². The van der Waals surface area contributed by atoms with Gasteiger partial charge in [-0.3, -0.25) is 9.59 Å². The molecule has 0 aromatic carbocycles. The van der Waals surface area contributed by atoms with Crippen molar-refractivity contribution < 1.29 is 34.1 Å². The Hall–Kier alpha value is -1.29. The van der Waals surface area contributed by atoms with Crippen LogP contribution in [0.1, 0.15) is 53.9 Å². The zero-order chi connectivity index (χ0) is 22.1. The van der Waals surface area contributed by atoms with Gasteiger partial charge in [-0.2, -0.15) is 0 Å². The molecule has 0 aromatic rings. The molecule has 29 heavy (non-hydrogen) atoms. The standard InChI is InChI=1S/C20H30BrNO7/c1-11(2)16-19(4,5)29-18(26)22(16)17(25)12(3)15-13(24)10-14(21)20(27,28-15)8-6-7-9-23/h10-12,15-16,23,27H,6-9H2,1-5H3. The zero-order valence-corrected chi connectivity index (χ0v) is 19.1. The Labute approximate surface area is 179 Å². The van der Waals surface area contributed by atoms with E-state index in [-0.39, 0.29) is 23.4 Å². The maximum absolute atomic E-state index is 13.2. The van der Waals surface area contributed by atoms with E-state index in [4.69, 9.17) is 14.6 Å². The van der Waals surface area contributed by atoms with E-state index in [0.717, 1.165) is 4.90 Å². The first-order chi connectivity index (χ1) is 13.4. The van der Waals surface area contributed by atoms with Crippen molar-refractivity contribution in [3.63, 3.8) is 0 Å². The van der Waals surface area contributed by atoms with Gasteiger partial charge in [-0.15, -0.1) is 0 Å². The summed E-state index contributed by atoms with van der Waals surface area (Å²) in [5, 5.41) is 19.8. The first kappa shape index (κ1) is 24.0. The van der Waals surface area contributed by atoms with Crippen LogP contribution in [0.15, 0.2) is 10.6 Å². The summed E-state index contributed by atoms with van der Waals surface area (Å²) in [5.41, 5.74) is -0.855. The molecule has 2 aliphatic rings. The molecule has 0 aromatic heterocycles. The van der Waals surface area contributed by atoms with Gasteiger partial charge in [0.05, 0.1) is 16.4 Å². The summed E-state index contributed by atoms with van der Waals surface area (Å²) in [6.45, 7) is 8.74. The summed E-state index contributed by atoms with van der Waals surface area (Å²) in [6.07, 6.45) is 0.285. The van der Waals surface area contributed by atoms with Crippen molar-refractivity contribution in [1.29, 1.82) is 0 Å². The number of carbonyl (C=O) groups excluding carboxylic acids is 3. The lowest BCUT2D eigenvalue weighted by Gasteiger charge is -2.38. The van der Waals surface area contributed by atoms with E-state index >= 15 is 0 Å². The van der Waals surface area contributed by atoms with Gasteiger partial charge in [0.25, 0.3) is 0 Å². The Kier molecular flexibility index (Phi) is 7.30. The number of cyclic esters (lactones) is 1. The monoisotopic (exact) mass is 475 g/mol. The molecule has 4 atom stereocenters. The summed E-state index contributed by atoms with van der Waals surface area (Å²) in [7, 11) is 0. The summed E-state index contributed by atoms with van der Waals surface area (Å²) in [5.74, 6) is -3.89. The number of imide groups is 1. The number of unbranched alkanes of at least 4 members (excludes halogenated alkanes) is 1. The number of hydrogen-bond donors (Lipinski definition) is 2. The average Bonchev–Trinajstić information content (AvgIpc) is 2.86.